The average Bonchev–Trinajstić information content (AvgIpc) is 2.41. The number of ether oxygens (including phenoxy) is 1. The number of alkyl halides is 2. The van der Waals surface area contributed by atoms with Crippen LogP contribution in [-0.4, -0.2) is 6.26 Å². The molecule has 2 aromatic rings. The molecule has 2 aromatic carbocycles. The fourth-order valence-electron chi connectivity index (χ4n) is 1.65. The first-order chi connectivity index (χ1) is 9.11. The number of hydrogen-bond acceptors (Lipinski definition) is 3. The fraction of sp³-hybridized carbons (Fsp3) is 0.143. The molecule has 2 nitrogen and oxygen atoms in total. The van der Waals surface area contributed by atoms with E-state index in [-0.39, 0.29) is 11.3 Å². The standard InChI is InChI=1S/C14H13F2NOS/c1-19-13-5-3-2-4-12(13)18-11-7-6-9(17)8-10(11)14(15)16/h2-8,14H,17H2,1H3. The van der Waals surface area contributed by atoms with E-state index in [1.165, 1.54) is 23.9 Å². The number of anilines is 1. The van der Waals surface area contributed by atoms with Crippen LogP contribution in [-0.2, 0) is 0 Å². The lowest BCUT2D eigenvalue weighted by Gasteiger charge is -2.13. The number of para-hydroxylation sites is 1. The maximum atomic E-state index is 13.0. The van der Waals surface area contributed by atoms with Gasteiger partial charge in [-0.2, -0.15) is 0 Å². The average molecular weight is 281 g/mol. The number of hydrogen-bond donors (Lipinski definition) is 1. The van der Waals surface area contributed by atoms with Crippen molar-refractivity contribution in [3.63, 3.8) is 0 Å². The Kier molecular flexibility index (Phi) is 4.27. The summed E-state index contributed by atoms with van der Waals surface area (Å²) < 4.78 is 31.5. The first-order valence-corrected chi connectivity index (χ1v) is 6.82. The Morgan fingerprint density at radius 2 is 1.84 bits per heavy atom. The van der Waals surface area contributed by atoms with Crippen molar-refractivity contribution in [2.75, 3.05) is 12.0 Å². The van der Waals surface area contributed by atoms with Crippen molar-refractivity contribution in [1.82, 2.24) is 0 Å². The predicted molar refractivity (Wildman–Crippen MR) is 74.1 cm³/mol. The van der Waals surface area contributed by atoms with Gasteiger partial charge in [0.15, 0.2) is 0 Å². The number of benzene rings is 2. The second-order valence-corrected chi connectivity index (χ2v) is 4.70. The minimum atomic E-state index is -2.63. The molecule has 0 amide bonds. The maximum Gasteiger partial charge on any atom is 0.267 e. The van der Waals surface area contributed by atoms with Crippen molar-refractivity contribution in [1.29, 1.82) is 0 Å². The molecular weight excluding hydrogens is 268 g/mol. The molecular formula is C14H13F2NOS. The maximum absolute atomic E-state index is 13.0. The minimum Gasteiger partial charge on any atom is -0.456 e. The molecule has 2 rings (SSSR count). The van der Waals surface area contributed by atoms with Crippen molar-refractivity contribution >= 4 is 17.4 Å². The summed E-state index contributed by atoms with van der Waals surface area (Å²) in [5.41, 5.74) is 5.62. The Morgan fingerprint density at radius 3 is 2.53 bits per heavy atom. The highest BCUT2D eigenvalue weighted by Crippen LogP contribution is 2.36. The third-order valence-electron chi connectivity index (χ3n) is 2.56. The number of thioether (sulfide) groups is 1. The number of nitrogen functional groups attached to an aromatic ring is 1. The Bertz CT molecular complexity index is 575. The normalized spacial score (nSPS) is 10.7. The van der Waals surface area contributed by atoms with Crippen molar-refractivity contribution in [3.05, 3.63) is 48.0 Å². The van der Waals surface area contributed by atoms with Crippen molar-refractivity contribution in [2.45, 2.75) is 11.3 Å². The van der Waals surface area contributed by atoms with Crippen LogP contribution in [0.2, 0.25) is 0 Å². The van der Waals surface area contributed by atoms with Gasteiger partial charge in [-0.15, -0.1) is 11.8 Å². The zero-order valence-corrected chi connectivity index (χ0v) is 11.1. The molecule has 0 heterocycles. The monoisotopic (exact) mass is 281 g/mol. The van der Waals surface area contributed by atoms with Crippen LogP contribution < -0.4 is 10.5 Å². The van der Waals surface area contributed by atoms with Gasteiger partial charge >= 0.3 is 0 Å². The summed E-state index contributed by atoms with van der Waals surface area (Å²) >= 11 is 1.49. The van der Waals surface area contributed by atoms with Crippen LogP contribution in [0.25, 0.3) is 0 Å². The fourth-order valence-corrected chi connectivity index (χ4v) is 2.18. The van der Waals surface area contributed by atoms with E-state index in [9.17, 15) is 8.78 Å². The molecule has 0 aliphatic carbocycles. The van der Waals surface area contributed by atoms with Crippen LogP contribution in [0.15, 0.2) is 47.4 Å². The van der Waals surface area contributed by atoms with Gasteiger partial charge in [0.05, 0.1) is 5.56 Å². The third kappa shape index (κ3) is 3.17. The molecule has 0 saturated carbocycles. The lowest BCUT2D eigenvalue weighted by molar-refractivity contribution is 0.148. The molecule has 0 saturated heterocycles. The van der Waals surface area contributed by atoms with Crippen LogP contribution in [0.3, 0.4) is 0 Å². The predicted octanol–water partition coefficient (Wildman–Crippen LogP) is 4.72. The molecule has 2 N–H and O–H groups in total. The highest BCUT2D eigenvalue weighted by Gasteiger charge is 2.16. The van der Waals surface area contributed by atoms with Crippen LogP contribution >= 0.6 is 11.8 Å². The lowest BCUT2D eigenvalue weighted by atomic mass is 10.2. The number of rotatable bonds is 4. The van der Waals surface area contributed by atoms with E-state index in [0.717, 1.165) is 4.90 Å². The molecule has 5 heteroatoms. The lowest BCUT2D eigenvalue weighted by Crippen LogP contribution is -1.95. The largest absolute Gasteiger partial charge is 0.456 e. The summed E-state index contributed by atoms with van der Waals surface area (Å²) in [7, 11) is 0. The SMILES string of the molecule is CSc1ccccc1Oc1ccc(N)cc1C(F)F. The Hall–Kier alpha value is -1.75. The number of nitrogens with two attached hydrogens (primary N) is 1. The van der Waals surface area contributed by atoms with E-state index in [4.69, 9.17) is 10.5 Å². The van der Waals surface area contributed by atoms with Crippen molar-refractivity contribution in [3.8, 4) is 11.5 Å². The van der Waals surface area contributed by atoms with E-state index in [1.807, 2.05) is 18.4 Å². The van der Waals surface area contributed by atoms with Crippen molar-refractivity contribution in [2.24, 2.45) is 0 Å². The Labute approximate surface area is 114 Å². The van der Waals surface area contributed by atoms with Gasteiger partial charge in [-0.05, 0) is 36.6 Å². The van der Waals surface area contributed by atoms with Crippen LogP contribution in [0.4, 0.5) is 14.5 Å². The summed E-state index contributed by atoms with van der Waals surface area (Å²) in [4.78, 5) is 0.888. The van der Waals surface area contributed by atoms with Crippen LogP contribution in [0, 0.1) is 0 Å². The summed E-state index contributed by atoms with van der Waals surface area (Å²) in [5, 5.41) is 0. The second-order valence-electron chi connectivity index (χ2n) is 3.85. The first-order valence-electron chi connectivity index (χ1n) is 5.60. The molecule has 19 heavy (non-hydrogen) atoms. The molecule has 0 radical (unpaired) electrons. The summed E-state index contributed by atoms with van der Waals surface area (Å²) in [6.45, 7) is 0. The third-order valence-corrected chi connectivity index (χ3v) is 3.34. The van der Waals surface area contributed by atoms with E-state index in [2.05, 4.69) is 0 Å². The Morgan fingerprint density at radius 1 is 1.11 bits per heavy atom. The molecule has 0 atom stereocenters. The smallest absolute Gasteiger partial charge is 0.267 e. The van der Waals surface area contributed by atoms with Gasteiger partial charge in [0.25, 0.3) is 6.43 Å². The van der Waals surface area contributed by atoms with Gasteiger partial charge in [0.1, 0.15) is 11.5 Å². The van der Waals surface area contributed by atoms with E-state index in [0.29, 0.717) is 11.4 Å². The molecule has 0 bridgehead atoms. The molecule has 0 aliphatic heterocycles. The van der Waals surface area contributed by atoms with Gasteiger partial charge in [0.2, 0.25) is 0 Å². The van der Waals surface area contributed by atoms with Gasteiger partial charge in [-0.1, -0.05) is 12.1 Å². The van der Waals surface area contributed by atoms with E-state index >= 15 is 0 Å². The second kappa shape index (κ2) is 5.93. The molecule has 100 valence electrons. The Balaban J connectivity index is 2.38. The summed E-state index contributed by atoms with van der Waals surface area (Å²) in [6.07, 6.45) is -0.723. The quantitative estimate of drug-likeness (QED) is 0.650. The van der Waals surface area contributed by atoms with Gasteiger partial charge in [-0.25, -0.2) is 8.78 Å². The topological polar surface area (TPSA) is 35.2 Å². The van der Waals surface area contributed by atoms with E-state index in [1.54, 1.807) is 18.2 Å². The zero-order valence-electron chi connectivity index (χ0n) is 10.3. The molecule has 0 unspecified atom stereocenters. The van der Waals surface area contributed by atoms with Gasteiger partial charge in [0, 0.05) is 10.6 Å². The van der Waals surface area contributed by atoms with Crippen molar-refractivity contribution < 1.29 is 13.5 Å². The summed E-state index contributed by atoms with van der Waals surface area (Å²) in [6, 6.07) is 11.5. The zero-order chi connectivity index (χ0) is 13.8. The van der Waals surface area contributed by atoms with Gasteiger partial charge in [-0.3, -0.25) is 0 Å². The molecule has 0 aliphatic rings. The van der Waals surface area contributed by atoms with Crippen LogP contribution in [0.1, 0.15) is 12.0 Å². The highest BCUT2D eigenvalue weighted by molar-refractivity contribution is 7.98. The van der Waals surface area contributed by atoms with E-state index < -0.39 is 6.43 Å². The van der Waals surface area contributed by atoms with Gasteiger partial charge < -0.3 is 10.5 Å². The minimum absolute atomic E-state index is 0.130. The number of halogens is 2. The molecule has 0 aromatic heterocycles. The molecule has 0 fully saturated rings. The summed E-state index contributed by atoms with van der Waals surface area (Å²) in [5.74, 6) is 0.687. The van der Waals surface area contributed by atoms with Crippen LogP contribution in [0.5, 0.6) is 11.5 Å². The first kappa shape index (κ1) is 13.7. The molecule has 0 spiro atoms. The highest BCUT2D eigenvalue weighted by atomic mass is 32.2.